The SMILES string of the molecule is CN1CCCN(CCCCOc2ccc3c(n2)NC(=O)CC3)CC1. The number of anilines is 1. The Kier molecular flexibility index (Phi) is 6.04. The summed E-state index contributed by atoms with van der Waals surface area (Å²) in [5.41, 5.74) is 1.09. The van der Waals surface area contributed by atoms with Crippen LogP contribution < -0.4 is 10.1 Å². The van der Waals surface area contributed by atoms with Crippen molar-refractivity contribution in [2.75, 3.05) is 51.7 Å². The highest BCUT2D eigenvalue weighted by Crippen LogP contribution is 2.23. The largest absolute Gasteiger partial charge is 0.478 e. The number of carbonyl (C=O) groups excluding carboxylic acids is 1. The summed E-state index contributed by atoms with van der Waals surface area (Å²) in [7, 11) is 2.20. The van der Waals surface area contributed by atoms with E-state index in [-0.39, 0.29) is 5.91 Å². The standard InChI is InChI=1S/C18H28N4O2/c1-21-9-4-11-22(13-12-21)10-2-3-14-24-17-8-6-15-5-7-16(23)19-18(15)20-17/h6,8H,2-5,7,9-14H2,1H3,(H,19,20,23). The Hall–Kier alpha value is -1.66. The van der Waals surface area contributed by atoms with Crippen molar-refractivity contribution in [3.05, 3.63) is 17.7 Å². The van der Waals surface area contributed by atoms with E-state index in [2.05, 4.69) is 27.1 Å². The van der Waals surface area contributed by atoms with Gasteiger partial charge in [-0.25, -0.2) is 0 Å². The van der Waals surface area contributed by atoms with Gasteiger partial charge in [-0.2, -0.15) is 4.98 Å². The molecular formula is C18H28N4O2. The zero-order chi connectivity index (χ0) is 16.8. The lowest BCUT2D eigenvalue weighted by Crippen LogP contribution is -2.29. The number of pyridine rings is 1. The molecule has 3 rings (SSSR count). The average Bonchev–Trinajstić information content (AvgIpc) is 2.78. The first-order valence-electron chi connectivity index (χ1n) is 9.04. The van der Waals surface area contributed by atoms with Crippen LogP contribution in [0.4, 0.5) is 5.82 Å². The highest BCUT2D eigenvalue weighted by Gasteiger charge is 2.16. The van der Waals surface area contributed by atoms with E-state index in [0.29, 0.717) is 24.7 Å². The molecule has 6 heteroatoms. The lowest BCUT2D eigenvalue weighted by molar-refractivity contribution is -0.116. The van der Waals surface area contributed by atoms with Crippen LogP contribution in [0.15, 0.2) is 12.1 Å². The van der Waals surface area contributed by atoms with Crippen molar-refractivity contribution < 1.29 is 9.53 Å². The molecule has 1 fully saturated rings. The number of likely N-dealkylation sites (N-methyl/N-ethyl adjacent to an activating group) is 1. The van der Waals surface area contributed by atoms with Crippen molar-refractivity contribution in [1.29, 1.82) is 0 Å². The van der Waals surface area contributed by atoms with E-state index in [9.17, 15) is 4.79 Å². The maximum atomic E-state index is 11.4. The lowest BCUT2D eigenvalue weighted by Gasteiger charge is -2.20. The number of aromatic nitrogens is 1. The van der Waals surface area contributed by atoms with Crippen LogP contribution in [0.3, 0.4) is 0 Å². The van der Waals surface area contributed by atoms with Crippen molar-refractivity contribution >= 4 is 11.7 Å². The van der Waals surface area contributed by atoms with Crippen LogP contribution >= 0.6 is 0 Å². The number of nitrogens with one attached hydrogen (secondary N) is 1. The first-order valence-corrected chi connectivity index (χ1v) is 9.04. The molecule has 0 unspecified atom stereocenters. The van der Waals surface area contributed by atoms with Gasteiger partial charge >= 0.3 is 0 Å². The van der Waals surface area contributed by atoms with Crippen LogP contribution in [-0.2, 0) is 11.2 Å². The van der Waals surface area contributed by atoms with Gasteiger partial charge in [0.05, 0.1) is 6.61 Å². The average molecular weight is 332 g/mol. The van der Waals surface area contributed by atoms with Crippen molar-refractivity contribution in [2.45, 2.75) is 32.1 Å². The number of nitrogens with zero attached hydrogens (tertiary/aromatic N) is 3. The first-order chi connectivity index (χ1) is 11.7. The molecule has 0 atom stereocenters. The van der Waals surface area contributed by atoms with Crippen molar-refractivity contribution in [3.8, 4) is 5.88 Å². The fourth-order valence-electron chi connectivity index (χ4n) is 3.24. The third kappa shape index (κ3) is 4.92. The van der Waals surface area contributed by atoms with Crippen LogP contribution in [-0.4, -0.2) is 67.1 Å². The van der Waals surface area contributed by atoms with Gasteiger partial charge in [0.2, 0.25) is 11.8 Å². The van der Waals surface area contributed by atoms with Crippen LogP contribution in [0.1, 0.15) is 31.2 Å². The van der Waals surface area contributed by atoms with E-state index in [1.165, 1.54) is 32.6 Å². The van der Waals surface area contributed by atoms with E-state index in [1.54, 1.807) is 0 Å². The molecule has 0 spiro atoms. The predicted octanol–water partition coefficient (Wildman–Crippen LogP) is 1.76. The van der Waals surface area contributed by atoms with Gasteiger partial charge in [-0.1, -0.05) is 0 Å². The van der Waals surface area contributed by atoms with E-state index in [1.807, 2.05) is 12.1 Å². The zero-order valence-electron chi connectivity index (χ0n) is 14.6. The Labute approximate surface area is 144 Å². The smallest absolute Gasteiger partial charge is 0.225 e. The number of hydrogen-bond donors (Lipinski definition) is 1. The molecule has 6 nitrogen and oxygen atoms in total. The molecule has 1 N–H and O–H groups in total. The second kappa shape index (κ2) is 8.44. The van der Waals surface area contributed by atoms with Crippen molar-refractivity contribution in [1.82, 2.24) is 14.8 Å². The number of fused-ring (bicyclic) bond motifs is 1. The van der Waals surface area contributed by atoms with Gasteiger partial charge < -0.3 is 19.9 Å². The number of aryl methyl sites for hydroxylation is 1. The maximum Gasteiger partial charge on any atom is 0.225 e. The number of carbonyl (C=O) groups is 1. The Morgan fingerprint density at radius 2 is 2.08 bits per heavy atom. The Morgan fingerprint density at radius 3 is 3.00 bits per heavy atom. The fraction of sp³-hybridized carbons (Fsp3) is 0.667. The molecule has 2 aliphatic heterocycles. The summed E-state index contributed by atoms with van der Waals surface area (Å²) in [5.74, 6) is 1.31. The second-order valence-electron chi connectivity index (χ2n) is 6.76. The molecule has 0 radical (unpaired) electrons. The minimum Gasteiger partial charge on any atom is -0.478 e. The van der Waals surface area contributed by atoms with Crippen LogP contribution in [0.25, 0.3) is 0 Å². The predicted molar refractivity (Wildman–Crippen MR) is 94.5 cm³/mol. The minimum absolute atomic E-state index is 0.0373. The van der Waals surface area contributed by atoms with Gasteiger partial charge in [0, 0.05) is 25.6 Å². The van der Waals surface area contributed by atoms with E-state index >= 15 is 0 Å². The second-order valence-corrected chi connectivity index (χ2v) is 6.76. The fourth-order valence-corrected chi connectivity index (χ4v) is 3.24. The monoisotopic (exact) mass is 332 g/mol. The summed E-state index contributed by atoms with van der Waals surface area (Å²) < 4.78 is 5.75. The molecule has 1 aromatic rings. The summed E-state index contributed by atoms with van der Waals surface area (Å²) in [6.45, 7) is 6.57. The molecule has 0 bridgehead atoms. The molecule has 24 heavy (non-hydrogen) atoms. The first kappa shape index (κ1) is 17.2. The summed E-state index contributed by atoms with van der Waals surface area (Å²) in [4.78, 5) is 20.8. The van der Waals surface area contributed by atoms with E-state index in [0.717, 1.165) is 31.4 Å². The third-order valence-electron chi connectivity index (χ3n) is 4.76. The van der Waals surface area contributed by atoms with Crippen molar-refractivity contribution in [2.24, 2.45) is 0 Å². The van der Waals surface area contributed by atoms with Gasteiger partial charge in [0.1, 0.15) is 5.82 Å². The molecular weight excluding hydrogens is 304 g/mol. The molecule has 0 saturated carbocycles. The van der Waals surface area contributed by atoms with E-state index in [4.69, 9.17) is 4.74 Å². The van der Waals surface area contributed by atoms with Gasteiger partial charge in [-0.3, -0.25) is 4.79 Å². The molecule has 132 valence electrons. The lowest BCUT2D eigenvalue weighted by atomic mass is 10.1. The molecule has 1 saturated heterocycles. The highest BCUT2D eigenvalue weighted by molar-refractivity contribution is 5.92. The molecule has 0 aliphatic carbocycles. The van der Waals surface area contributed by atoms with Crippen molar-refractivity contribution in [3.63, 3.8) is 0 Å². The Bertz CT molecular complexity index is 564. The zero-order valence-corrected chi connectivity index (χ0v) is 14.6. The summed E-state index contributed by atoms with van der Waals surface area (Å²) in [6.07, 6.45) is 4.74. The number of amides is 1. The molecule has 0 aromatic carbocycles. The van der Waals surface area contributed by atoms with Crippen LogP contribution in [0.5, 0.6) is 5.88 Å². The number of ether oxygens (including phenoxy) is 1. The quantitative estimate of drug-likeness (QED) is 0.805. The maximum absolute atomic E-state index is 11.4. The summed E-state index contributed by atoms with van der Waals surface area (Å²) in [6, 6.07) is 3.91. The van der Waals surface area contributed by atoms with Gasteiger partial charge in [0.15, 0.2) is 0 Å². The summed E-state index contributed by atoms with van der Waals surface area (Å²) in [5, 5.41) is 2.81. The van der Waals surface area contributed by atoms with Gasteiger partial charge in [-0.05, 0) is 64.0 Å². The Balaban J connectivity index is 1.36. The molecule has 1 amide bonds. The number of unbranched alkanes of at least 4 members (excludes halogenated alkanes) is 1. The number of rotatable bonds is 6. The van der Waals surface area contributed by atoms with Crippen LogP contribution in [0, 0.1) is 0 Å². The highest BCUT2D eigenvalue weighted by atomic mass is 16.5. The Morgan fingerprint density at radius 1 is 1.17 bits per heavy atom. The topological polar surface area (TPSA) is 57.7 Å². The molecule has 2 aliphatic rings. The van der Waals surface area contributed by atoms with Gasteiger partial charge in [0.25, 0.3) is 0 Å². The molecule has 1 aromatic heterocycles. The summed E-state index contributed by atoms with van der Waals surface area (Å²) >= 11 is 0. The molecule has 3 heterocycles. The van der Waals surface area contributed by atoms with E-state index < -0.39 is 0 Å². The number of hydrogen-bond acceptors (Lipinski definition) is 5. The van der Waals surface area contributed by atoms with Crippen LogP contribution in [0.2, 0.25) is 0 Å². The third-order valence-corrected chi connectivity index (χ3v) is 4.76. The van der Waals surface area contributed by atoms with Gasteiger partial charge in [-0.15, -0.1) is 0 Å². The normalized spacial score (nSPS) is 19.5. The minimum atomic E-state index is 0.0373.